The molecule has 0 atom stereocenters. The van der Waals surface area contributed by atoms with E-state index in [9.17, 15) is 14.9 Å². The van der Waals surface area contributed by atoms with E-state index in [1.54, 1.807) is 29.8 Å². The van der Waals surface area contributed by atoms with Crippen LogP contribution in [0.3, 0.4) is 0 Å². The minimum atomic E-state index is -0.339. The van der Waals surface area contributed by atoms with Gasteiger partial charge in [-0.1, -0.05) is 0 Å². The molecule has 0 aromatic carbocycles. The number of rotatable bonds is 5. The van der Waals surface area contributed by atoms with Crippen LogP contribution in [0.4, 0.5) is 11.5 Å². The Morgan fingerprint density at radius 3 is 2.82 bits per heavy atom. The van der Waals surface area contributed by atoms with E-state index < -0.39 is 0 Å². The predicted octanol–water partition coefficient (Wildman–Crippen LogP) is 3.68. The van der Waals surface area contributed by atoms with E-state index in [4.69, 9.17) is 0 Å². The molecule has 3 aromatic rings. The third-order valence-electron chi connectivity index (χ3n) is 4.31. The maximum absolute atomic E-state index is 12.6. The Morgan fingerprint density at radius 1 is 1.18 bits per heavy atom. The summed E-state index contributed by atoms with van der Waals surface area (Å²) in [7, 11) is 0. The fraction of sp³-hybridized carbons (Fsp3) is 0.150. The van der Waals surface area contributed by atoms with Crippen LogP contribution in [0.1, 0.15) is 28.8 Å². The Morgan fingerprint density at radius 2 is 2.04 bits per heavy atom. The zero-order chi connectivity index (χ0) is 19.5. The van der Waals surface area contributed by atoms with E-state index in [1.807, 2.05) is 5.38 Å². The molecular formula is C20H15N5O2S. The van der Waals surface area contributed by atoms with Crippen molar-refractivity contribution in [3.05, 3.63) is 58.7 Å². The number of nitriles is 1. The number of aromatic nitrogens is 2. The second-order valence-corrected chi connectivity index (χ2v) is 7.16. The number of nitrogens with zero attached hydrogens (tertiary/aromatic N) is 3. The van der Waals surface area contributed by atoms with Crippen molar-refractivity contribution in [2.75, 3.05) is 10.6 Å². The van der Waals surface area contributed by atoms with Crippen molar-refractivity contribution in [3.8, 4) is 17.2 Å². The summed E-state index contributed by atoms with van der Waals surface area (Å²) in [6.45, 7) is 0. The van der Waals surface area contributed by atoms with Crippen molar-refractivity contribution in [2.45, 2.75) is 12.8 Å². The van der Waals surface area contributed by atoms with Gasteiger partial charge in [-0.15, -0.1) is 0 Å². The minimum absolute atomic E-state index is 0.0588. The maximum atomic E-state index is 12.6. The topological polar surface area (TPSA) is 108 Å². The Balaban J connectivity index is 1.50. The highest BCUT2D eigenvalue weighted by Crippen LogP contribution is 2.30. The Labute approximate surface area is 165 Å². The van der Waals surface area contributed by atoms with E-state index in [0.29, 0.717) is 22.6 Å². The molecule has 4 rings (SSSR count). The average molecular weight is 389 g/mol. The summed E-state index contributed by atoms with van der Waals surface area (Å²) in [6, 6.07) is 7.03. The van der Waals surface area contributed by atoms with Crippen LogP contribution >= 0.6 is 11.3 Å². The van der Waals surface area contributed by atoms with Gasteiger partial charge in [0.1, 0.15) is 11.9 Å². The molecule has 8 heteroatoms. The van der Waals surface area contributed by atoms with Crippen LogP contribution in [0.15, 0.2) is 47.5 Å². The molecule has 3 heterocycles. The van der Waals surface area contributed by atoms with Gasteiger partial charge in [0.15, 0.2) is 0 Å². The number of hydrogen-bond donors (Lipinski definition) is 2. The van der Waals surface area contributed by atoms with Crippen LogP contribution in [0.25, 0.3) is 11.1 Å². The monoisotopic (exact) mass is 389 g/mol. The summed E-state index contributed by atoms with van der Waals surface area (Å²) in [4.78, 5) is 32.7. The van der Waals surface area contributed by atoms with Crippen LogP contribution in [0.2, 0.25) is 0 Å². The first-order chi connectivity index (χ1) is 13.6. The Hall–Kier alpha value is -3.57. The van der Waals surface area contributed by atoms with Gasteiger partial charge in [-0.2, -0.15) is 16.6 Å². The average Bonchev–Trinajstić information content (AvgIpc) is 3.45. The molecule has 28 heavy (non-hydrogen) atoms. The lowest BCUT2D eigenvalue weighted by atomic mass is 10.1. The SMILES string of the molecule is N#Cc1cscc1-c1cncc(NC(=O)c2ccnc(NC(=O)C3CC3)c2)c1. The van der Waals surface area contributed by atoms with Crippen molar-refractivity contribution in [2.24, 2.45) is 5.92 Å². The van der Waals surface area contributed by atoms with Gasteiger partial charge in [0.25, 0.3) is 5.91 Å². The summed E-state index contributed by atoms with van der Waals surface area (Å²) in [6.07, 6.45) is 6.46. The van der Waals surface area contributed by atoms with Gasteiger partial charge < -0.3 is 10.6 Å². The highest BCUT2D eigenvalue weighted by Gasteiger charge is 2.29. The largest absolute Gasteiger partial charge is 0.321 e. The van der Waals surface area contributed by atoms with E-state index in [0.717, 1.165) is 24.0 Å². The summed E-state index contributed by atoms with van der Waals surface area (Å²) in [5, 5.41) is 18.4. The summed E-state index contributed by atoms with van der Waals surface area (Å²) in [5.41, 5.74) is 2.99. The maximum Gasteiger partial charge on any atom is 0.255 e. The van der Waals surface area contributed by atoms with Gasteiger partial charge in [0.2, 0.25) is 5.91 Å². The zero-order valence-electron chi connectivity index (χ0n) is 14.7. The first-order valence-electron chi connectivity index (χ1n) is 8.64. The fourth-order valence-corrected chi connectivity index (χ4v) is 3.46. The van der Waals surface area contributed by atoms with Crippen molar-refractivity contribution in [3.63, 3.8) is 0 Å². The molecule has 0 aliphatic heterocycles. The smallest absolute Gasteiger partial charge is 0.255 e. The van der Waals surface area contributed by atoms with Gasteiger partial charge in [-0.3, -0.25) is 14.6 Å². The van der Waals surface area contributed by atoms with Crippen molar-refractivity contribution in [1.29, 1.82) is 5.26 Å². The lowest BCUT2D eigenvalue weighted by molar-refractivity contribution is -0.117. The zero-order valence-corrected chi connectivity index (χ0v) is 15.5. The Kier molecular flexibility index (Phi) is 4.83. The molecule has 0 unspecified atom stereocenters. The molecule has 2 N–H and O–H groups in total. The molecule has 1 aliphatic rings. The van der Waals surface area contributed by atoms with Crippen LogP contribution in [0.5, 0.6) is 0 Å². The lowest BCUT2D eigenvalue weighted by Gasteiger charge is -2.08. The number of carbonyl (C=O) groups is 2. The molecular weight excluding hydrogens is 374 g/mol. The van der Waals surface area contributed by atoms with Crippen molar-refractivity contribution < 1.29 is 9.59 Å². The molecule has 0 saturated heterocycles. The number of hydrogen-bond acceptors (Lipinski definition) is 6. The molecule has 3 aromatic heterocycles. The number of nitrogens with one attached hydrogen (secondary N) is 2. The molecule has 1 saturated carbocycles. The second kappa shape index (κ2) is 7.58. The van der Waals surface area contributed by atoms with Gasteiger partial charge in [0.05, 0.1) is 17.4 Å². The normalized spacial score (nSPS) is 12.8. The molecule has 2 amide bonds. The number of anilines is 2. The first kappa shape index (κ1) is 17.8. The third kappa shape index (κ3) is 3.89. The van der Waals surface area contributed by atoms with Gasteiger partial charge in [-0.25, -0.2) is 4.98 Å². The first-order valence-corrected chi connectivity index (χ1v) is 9.58. The van der Waals surface area contributed by atoms with Gasteiger partial charge >= 0.3 is 0 Å². The van der Waals surface area contributed by atoms with E-state index in [-0.39, 0.29) is 17.7 Å². The number of carbonyl (C=O) groups excluding carboxylic acids is 2. The fourth-order valence-electron chi connectivity index (χ4n) is 2.68. The molecule has 0 radical (unpaired) electrons. The molecule has 1 fully saturated rings. The van der Waals surface area contributed by atoms with Crippen LogP contribution in [0, 0.1) is 17.2 Å². The molecule has 1 aliphatic carbocycles. The van der Waals surface area contributed by atoms with Crippen molar-refractivity contribution >= 4 is 34.7 Å². The number of thiophene rings is 1. The standard InChI is InChI=1S/C20H15N5O2S/c21-7-15-10-28-11-17(15)14-5-16(9-22-8-14)24-20(27)13-3-4-23-18(6-13)25-19(26)12-1-2-12/h3-6,8-12H,1-2H2,(H,24,27)(H,23,25,26). The van der Waals surface area contributed by atoms with Crippen molar-refractivity contribution in [1.82, 2.24) is 9.97 Å². The number of pyridine rings is 2. The molecule has 138 valence electrons. The lowest BCUT2D eigenvalue weighted by Crippen LogP contribution is -2.16. The van der Waals surface area contributed by atoms with E-state index in [2.05, 4.69) is 26.7 Å². The van der Waals surface area contributed by atoms with Crippen LogP contribution in [-0.2, 0) is 4.79 Å². The minimum Gasteiger partial charge on any atom is -0.321 e. The predicted molar refractivity (Wildman–Crippen MR) is 106 cm³/mol. The Bertz CT molecular complexity index is 1100. The van der Waals surface area contributed by atoms with Crippen LogP contribution < -0.4 is 10.6 Å². The summed E-state index contributed by atoms with van der Waals surface area (Å²) in [5.74, 6) is 0.0111. The van der Waals surface area contributed by atoms with Crippen LogP contribution in [-0.4, -0.2) is 21.8 Å². The van der Waals surface area contributed by atoms with E-state index >= 15 is 0 Å². The quantitative estimate of drug-likeness (QED) is 0.692. The third-order valence-corrected chi connectivity index (χ3v) is 5.05. The highest BCUT2D eigenvalue weighted by molar-refractivity contribution is 7.08. The molecule has 0 spiro atoms. The van der Waals surface area contributed by atoms with Gasteiger partial charge in [0, 0.05) is 40.4 Å². The van der Waals surface area contributed by atoms with E-state index in [1.165, 1.54) is 23.7 Å². The summed E-state index contributed by atoms with van der Waals surface area (Å²) >= 11 is 1.44. The summed E-state index contributed by atoms with van der Waals surface area (Å²) < 4.78 is 0. The second-order valence-electron chi connectivity index (χ2n) is 6.42. The number of amides is 2. The highest BCUT2D eigenvalue weighted by atomic mass is 32.1. The molecule has 7 nitrogen and oxygen atoms in total. The molecule has 0 bridgehead atoms. The van der Waals surface area contributed by atoms with Gasteiger partial charge in [-0.05, 0) is 36.4 Å².